The van der Waals surface area contributed by atoms with Gasteiger partial charge in [0.25, 0.3) is 0 Å². The highest BCUT2D eigenvalue weighted by Crippen LogP contribution is 2.02. The summed E-state index contributed by atoms with van der Waals surface area (Å²) in [5.41, 5.74) is 0. The van der Waals surface area contributed by atoms with Gasteiger partial charge in [-0.15, -0.1) is 0 Å². The van der Waals surface area contributed by atoms with Crippen molar-refractivity contribution in [3.8, 4) is 0 Å². The molecule has 1 atom stereocenters. The number of halogens is 1. The summed E-state index contributed by atoms with van der Waals surface area (Å²) in [4.78, 5) is 0. The number of unbranched alkanes of at least 4 members (excludes halogenated alkanes) is 1. The summed E-state index contributed by atoms with van der Waals surface area (Å²) >= 11 is 3.42. The fraction of sp³-hybridized carbons (Fsp3) is 0.750. The summed E-state index contributed by atoms with van der Waals surface area (Å²) in [5.74, 6) is 0.691. The summed E-state index contributed by atoms with van der Waals surface area (Å²) in [5, 5.41) is 1.08. The van der Waals surface area contributed by atoms with E-state index in [2.05, 4.69) is 41.9 Å². The van der Waals surface area contributed by atoms with Gasteiger partial charge in [0.2, 0.25) is 0 Å². The van der Waals surface area contributed by atoms with Gasteiger partial charge >= 0.3 is 0 Å². The molecule has 0 fully saturated rings. The van der Waals surface area contributed by atoms with Crippen LogP contribution in [0.3, 0.4) is 0 Å². The molecule has 1 unspecified atom stereocenters. The number of hydrogen-bond acceptors (Lipinski definition) is 0. The van der Waals surface area contributed by atoms with Crippen molar-refractivity contribution in [1.82, 2.24) is 0 Å². The Morgan fingerprint density at radius 1 is 1.56 bits per heavy atom. The van der Waals surface area contributed by atoms with Gasteiger partial charge in [-0.05, 0) is 12.3 Å². The average molecular weight is 191 g/mol. The van der Waals surface area contributed by atoms with Gasteiger partial charge in [0.1, 0.15) is 0 Å². The molecule has 54 valence electrons. The van der Waals surface area contributed by atoms with Crippen molar-refractivity contribution in [2.45, 2.75) is 26.7 Å². The highest BCUT2D eigenvalue weighted by atomic mass is 79.9. The van der Waals surface area contributed by atoms with E-state index < -0.39 is 0 Å². The zero-order valence-corrected chi connectivity index (χ0v) is 7.82. The van der Waals surface area contributed by atoms with Gasteiger partial charge in [-0.1, -0.05) is 48.4 Å². The maximum Gasteiger partial charge on any atom is 0.00916 e. The molecule has 0 aromatic heterocycles. The molecule has 0 radical (unpaired) electrons. The molecule has 0 saturated heterocycles. The van der Waals surface area contributed by atoms with E-state index in [1.54, 1.807) is 0 Å². The number of rotatable bonds is 4. The van der Waals surface area contributed by atoms with Crippen LogP contribution < -0.4 is 0 Å². The van der Waals surface area contributed by atoms with Gasteiger partial charge in [0, 0.05) is 5.33 Å². The van der Waals surface area contributed by atoms with E-state index in [9.17, 15) is 0 Å². The van der Waals surface area contributed by atoms with Crippen LogP contribution in [-0.4, -0.2) is 5.33 Å². The standard InChI is InChI=1S/C8H15Br/c1-3-4-5-6-8(2)7-9/h5-6,8H,3-4,7H2,1-2H3/b6-5+. The first-order valence-electron chi connectivity index (χ1n) is 3.53. The molecule has 0 aliphatic carbocycles. The van der Waals surface area contributed by atoms with Crippen LogP contribution in [0, 0.1) is 5.92 Å². The SMILES string of the molecule is CCC/C=C/C(C)CBr. The molecule has 0 nitrogen and oxygen atoms in total. The lowest BCUT2D eigenvalue weighted by molar-refractivity contribution is 0.839. The van der Waals surface area contributed by atoms with E-state index in [1.165, 1.54) is 12.8 Å². The molecule has 0 amide bonds. The molecule has 9 heavy (non-hydrogen) atoms. The van der Waals surface area contributed by atoms with Gasteiger partial charge in [-0.3, -0.25) is 0 Å². The summed E-state index contributed by atoms with van der Waals surface area (Å²) in [7, 11) is 0. The molecule has 0 aromatic carbocycles. The number of allylic oxidation sites excluding steroid dienone is 2. The first kappa shape index (κ1) is 9.22. The minimum Gasteiger partial charge on any atom is -0.0922 e. The van der Waals surface area contributed by atoms with Crippen LogP contribution in [0.4, 0.5) is 0 Å². The summed E-state index contributed by atoms with van der Waals surface area (Å²) in [6, 6.07) is 0. The van der Waals surface area contributed by atoms with Crippen LogP contribution in [0.15, 0.2) is 12.2 Å². The van der Waals surface area contributed by atoms with Gasteiger partial charge in [-0.25, -0.2) is 0 Å². The van der Waals surface area contributed by atoms with Gasteiger partial charge in [0.05, 0.1) is 0 Å². The monoisotopic (exact) mass is 190 g/mol. The minimum absolute atomic E-state index is 0.691. The van der Waals surface area contributed by atoms with Crippen molar-refractivity contribution in [2.24, 2.45) is 5.92 Å². The largest absolute Gasteiger partial charge is 0.0922 e. The van der Waals surface area contributed by atoms with Gasteiger partial charge in [0.15, 0.2) is 0 Å². The molecule has 0 saturated carbocycles. The lowest BCUT2D eigenvalue weighted by Crippen LogP contribution is -1.87. The van der Waals surface area contributed by atoms with E-state index in [-0.39, 0.29) is 0 Å². The highest BCUT2D eigenvalue weighted by molar-refractivity contribution is 9.09. The third-order valence-electron chi connectivity index (χ3n) is 1.16. The number of alkyl halides is 1. The topological polar surface area (TPSA) is 0 Å². The Kier molecular flexibility index (Phi) is 6.50. The quantitative estimate of drug-likeness (QED) is 0.472. The molecule has 0 spiro atoms. The first-order valence-corrected chi connectivity index (χ1v) is 4.66. The van der Waals surface area contributed by atoms with E-state index in [4.69, 9.17) is 0 Å². The second-order valence-corrected chi connectivity index (χ2v) is 3.00. The molecule has 0 aromatic rings. The normalized spacial score (nSPS) is 14.6. The molecule has 0 rings (SSSR count). The van der Waals surface area contributed by atoms with E-state index >= 15 is 0 Å². The molecule has 0 bridgehead atoms. The van der Waals surface area contributed by atoms with Crippen LogP contribution in [0.2, 0.25) is 0 Å². The Labute approximate surface area is 66.5 Å². The van der Waals surface area contributed by atoms with Crippen LogP contribution in [0.25, 0.3) is 0 Å². The summed E-state index contributed by atoms with van der Waals surface area (Å²) in [6.07, 6.45) is 6.99. The maximum atomic E-state index is 3.42. The van der Waals surface area contributed by atoms with E-state index in [0.29, 0.717) is 5.92 Å². The fourth-order valence-corrected chi connectivity index (χ4v) is 0.762. The second kappa shape index (κ2) is 6.34. The minimum atomic E-state index is 0.691. The smallest absolute Gasteiger partial charge is 0.00916 e. The Hall–Kier alpha value is 0.220. The van der Waals surface area contributed by atoms with Crippen LogP contribution in [-0.2, 0) is 0 Å². The third kappa shape index (κ3) is 6.10. The zero-order valence-electron chi connectivity index (χ0n) is 6.23. The van der Waals surface area contributed by atoms with Crippen molar-refractivity contribution >= 4 is 15.9 Å². The Balaban J connectivity index is 3.20. The third-order valence-corrected chi connectivity index (χ3v) is 2.18. The molecule has 0 N–H and O–H groups in total. The Morgan fingerprint density at radius 2 is 2.22 bits per heavy atom. The first-order chi connectivity index (χ1) is 4.31. The molecule has 0 aliphatic rings. The molecule has 0 aliphatic heterocycles. The molecular formula is C8H15Br. The maximum absolute atomic E-state index is 3.42. The van der Waals surface area contributed by atoms with Crippen molar-refractivity contribution < 1.29 is 0 Å². The Bertz CT molecular complexity index is 76.6. The lowest BCUT2D eigenvalue weighted by atomic mass is 10.2. The van der Waals surface area contributed by atoms with Crippen LogP contribution in [0.1, 0.15) is 26.7 Å². The van der Waals surface area contributed by atoms with E-state index in [1.807, 2.05) is 0 Å². The Morgan fingerprint density at radius 3 is 2.67 bits per heavy atom. The molecular weight excluding hydrogens is 176 g/mol. The van der Waals surface area contributed by atoms with Crippen LogP contribution >= 0.6 is 15.9 Å². The molecule has 0 heterocycles. The van der Waals surface area contributed by atoms with Crippen LogP contribution in [0.5, 0.6) is 0 Å². The predicted octanol–water partition coefficient (Wildman–Crippen LogP) is 3.37. The van der Waals surface area contributed by atoms with Gasteiger partial charge < -0.3 is 0 Å². The molecule has 1 heteroatoms. The van der Waals surface area contributed by atoms with Crippen molar-refractivity contribution in [1.29, 1.82) is 0 Å². The average Bonchev–Trinajstić information content (AvgIpc) is 1.89. The van der Waals surface area contributed by atoms with Crippen molar-refractivity contribution in [3.63, 3.8) is 0 Å². The second-order valence-electron chi connectivity index (χ2n) is 2.35. The van der Waals surface area contributed by atoms with Gasteiger partial charge in [-0.2, -0.15) is 0 Å². The lowest BCUT2D eigenvalue weighted by Gasteiger charge is -1.96. The zero-order chi connectivity index (χ0) is 7.11. The summed E-state index contributed by atoms with van der Waals surface area (Å²) < 4.78 is 0. The fourth-order valence-electron chi connectivity index (χ4n) is 0.547. The van der Waals surface area contributed by atoms with E-state index in [0.717, 1.165) is 5.33 Å². The predicted molar refractivity (Wildman–Crippen MR) is 47.0 cm³/mol. The van der Waals surface area contributed by atoms with Crippen molar-refractivity contribution in [3.05, 3.63) is 12.2 Å². The highest BCUT2D eigenvalue weighted by Gasteiger charge is 1.89. The summed E-state index contributed by atoms with van der Waals surface area (Å²) in [6.45, 7) is 4.41. The number of hydrogen-bond donors (Lipinski definition) is 0. The van der Waals surface area contributed by atoms with Crippen molar-refractivity contribution in [2.75, 3.05) is 5.33 Å².